The third kappa shape index (κ3) is 2.67. The van der Waals surface area contributed by atoms with E-state index >= 15 is 0 Å². The van der Waals surface area contributed by atoms with Crippen LogP contribution in [-0.2, 0) is 0 Å². The fourth-order valence-electron chi connectivity index (χ4n) is 3.17. The largest absolute Gasteiger partial charge is 0.382 e. The maximum Gasteiger partial charge on any atom is 0.153 e. The molecule has 0 aromatic carbocycles. The second-order valence-corrected chi connectivity index (χ2v) is 5.84. The van der Waals surface area contributed by atoms with Gasteiger partial charge in [0.25, 0.3) is 0 Å². The Morgan fingerprint density at radius 3 is 2.91 bits per heavy atom. The highest BCUT2D eigenvalue weighted by molar-refractivity contribution is 5.84. The van der Waals surface area contributed by atoms with Crippen molar-refractivity contribution in [2.45, 2.75) is 18.8 Å². The number of piperidine rings is 1. The predicted molar refractivity (Wildman–Crippen MR) is 90.2 cm³/mol. The van der Waals surface area contributed by atoms with Crippen LogP contribution in [0.1, 0.15) is 24.5 Å². The van der Waals surface area contributed by atoms with Gasteiger partial charge in [-0.3, -0.25) is 4.98 Å². The van der Waals surface area contributed by atoms with Gasteiger partial charge >= 0.3 is 0 Å². The zero-order chi connectivity index (χ0) is 15.6. The summed E-state index contributed by atoms with van der Waals surface area (Å²) in [4.78, 5) is 19.7. The first-order valence-corrected chi connectivity index (χ1v) is 7.84. The third-order valence-corrected chi connectivity index (χ3v) is 4.35. The maximum atomic E-state index is 5.93. The number of nitrogens with two attached hydrogens (primary N) is 1. The lowest BCUT2D eigenvalue weighted by atomic mass is 9.94. The zero-order valence-electron chi connectivity index (χ0n) is 12.8. The molecule has 0 saturated carbocycles. The number of nitrogen functional groups attached to an aromatic ring is 1. The van der Waals surface area contributed by atoms with Gasteiger partial charge in [0, 0.05) is 30.9 Å². The lowest BCUT2D eigenvalue weighted by molar-refractivity contribution is 0.499. The van der Waals surface area contributed by atoms with Crippen LogP contribution >= 0.6 is 0 Å². The van der Waals surface area contributed by atoms with E-state index in [0.717, 1.165) is 43.0 Å². The van der Waals surface area contributed by atoms with Gasteiger partial charge in [-0.15, -0.1) is 0 Å². The highest BCUT2D eigenvalue weighted by Gasteiger charge is 2.23. The predicted octanol–water partition coefficient (Wildman–Crippen LogP) is 2.39. The smallest absolute Gasteiger partial charge is 0.153 e. The summed E-state index contributed by atoms with van der Waals surface area (Å²) in [7, 11) is 0. The van der Waals surface area contributed by atoms with E-state index in [2.05, 4.69) is 30.9 Å². The molecule has 6 nitrogen and oxygen atoms in total. The minimum Gasteiger partial charge on any atom is -0.382 e. The van der Waals surface area contributed by atoms with Crippen molar-refractivity contribution in [1.82, 2.24) is 19.9 Å². The SMILES string of the molecule is Nc1ncnc2ccc(N3CCCC(c4ccccn4)C3)nc12. The highest BCUT2D eigenvalue weighted by atomic mass is 15.2. The molecule has 23 heavy (non-hydrogen) atoms. The van der Waals surface area contributed by atoms with Crippen LogP contribution in [0.4, 0.5) is 11.6 Å². The molecular formula is C17H18N6. The van der Waals surface area contributed by atoms with E-state index in [4.69, 9.17) is 5.73 Å². The molecule has 2 N–H and O–H groups in total. The number of rotatable bonds is 2. The molecule has 0 aliphatic carbocycles. The minimum absolute atomic E-state index is 0.426. The van der Waals surface area contributed by atoms with Crippen molar-refractivity contribution in [3.05, 3.63) is 48.5 Å². The van der Waals surface area contributed by atoms with Crippen molar-refractivity contribution in [2.75, 3.05) is 23.7 Å². The molecule has 6 heteroatoms. The van der Waals surface area contributed by atoms with Gasteiger partial charge < -0.3 is 10.6 Å². The van der Waals surface area contributed by atoms with Crippen molar-refractivity contribution < 1.29 is 0 Å². The van der Waals surface area contributed by atoms with Gasteiger partial charge in [0.1, 0.15) is 17.7 Å². The van der Waals surface area contributed by atoms with Gasteiger partial charge in [-0.05, 0) is 37.1 Å². The Balaban J connectivity index is 1.64. The van der Waals surface area contributed by atoms with Gasteiger partial charge in [-0.2, -0.15) is 0 Å². The Morgan fingerprint density at radius 1 is 1.09 bits per heavy atom. The lowest BCUT2D eigenvalue weighted by Crippen LogP contribution is -2.35. The average Bonchev–Trinajstić information content (AvgIpc) is 2.63. The van der Waals surface area contributed by atoms with E-state index in [1.54, 1.807) is 0 Å². The summed E-state index contributed by atoms with van der Waals surface area (Å²) in [6, 6.07) is 10.1. The van der Waals surface area contributed by atoms with E-state index in [1.165, 1.54) is 6.33 Å². The van der Waals surface area contributed by atoms with Crippen LogP contribution in [0.5, 0.6) is 0 Å². The Hall–Kier alpha value is -2.76. The van der Waals surface area contributed by atoms with Crippen LogP contribution < -0.4 is 10.6 Å². The minimum atomic E-state index is 0.426. The number of aromatic nitrogens is 4. The summed E-state index contributed by atoms with van der Waals surface area (Å²) < 4.78 is 0. The molecule has 0 bridgehead atoms. The second-order valence-electron chi connectivity index (χ2n) is 5.84. The first kappa shape index (κ1) is 13.9. The van der Waals surface area contributed by atoms with Gasteiger partial charge in [-0.25, -0.2) is 15.0 Å². The van der Waals surface area contributed by atoms with Gasteiger partial charge in [0.05, 0.1) is 5.52 Å². The van der Waals surface area contributed by atoms with E-state index in [-0.39, 0.29) is 0 Å². The van der Waals surface area contributed by atoms with Crippen molar-refractivity contribution in [3.63, 3.8) is 0 Å². The van der Waals surface area contributed by atoms with Crippen molar-refractivity contribution in [3.8, 4) is 0 Å². The summed E-state index contributed by atoms with van der Waals surface area (Å²) in [6.07, 6.45) is 5.62. The Kier molecular flexibility index (Phi) is 3.49. The van der Waals surface area contributed by atoms with Gasteiger partial charge in [-0.1, -0.05) is 6.07 Å². The highest BCUT2D eigenvalue weighted by Crippen LogP contribution is 2.29. The molecule has 0 spiro atoms. The van der Waals surface area contributed by atoms with Crippen LogP contribution in [0.25, 0.3) is 11.0 Å². The molecule has 1 aliphatic heterocycles. The van der Waals surface area contributed by atoms with E-state index in [9.17, 15) is 0 Å². The molecule has 4 heterocycles. The summed E-state index contributed by atoms with van der Waals surface area (Å²) in [5.74, 6) is 1.79. The average molecular weight is 306 g/mol. The fourth-order valence-corrected chi connectivity index (χ4v) is 3.17. The first-order valence-electron chi connectivity index (χ1n) is 7.84. The fraction of sp³-hybridized carbons (Fsp3) is 0.294. The van der Waals surface area contributed by atoms with Crippen LogP contribution in [-0.4, -0.2) is 33.0 Å². The lowest BCUT2D eigenvalue weighted by Gasteiger charge is -2.33. The molecule has 3 aromatic rings. The summed E-state index contributed by atoms with van der Waals surface area (Å²) >= 11 is 0. The molecule has 1 fully saturated rings. The van der Waals surface area contributed by atoms with Gasteiger partial charge in [0.15, 0.2) is 5.82 Å². The molecule has 116 valence electrons. The molecule has 0 amide bonds. The number of nitrogens with zero attached hydrogens (tertiary/aromatic N) is 5. The molecular weight excluding hydrogens is 288 g/mol. The monoisotopic (exact) mass is 306 g/mol. The molecule has 4 rings (SSSR count). The van der Waals surface area contributed by atoms with E-state index < -0.39 is 0 Å². The number of hydrogen-bond acceptors (Lipinski definition) is 6. The van der Waals surface area contributed by atoms with Crippen molar-refractivity contribution in [1.29, 1.82) is 0 Å². The quantitative estimate of drug-likeness (QED) is 0.783. The van der Waals surface area contributed by atoms with E-state index in [0.29, 0.717) is 17.3 Å². The van der Waals surface area contributed by atoms with Gasteiger partial charge in [0.2, 0.25) is 0 Å². The molecule has 3 aromatic heterocycles. The maximum absolute atomic E-state index is 5.93. The zero-order valence-corrected chi connectivity index (χ0v) is 12.8. The third-order valence-electron chi connectivity index (χ3n) is 4.35. The molecule has 1 aliphatic rings. The Morgan fingerprint density at radius 2 is 2.04 bits per heavy atom. The van der Waals surface area contributed by atoms with Crippen LogP contribution in [0.2, 0.25) is 0 Å². The summed E-state index contributed by atoms with van der Waals surface area (Å²) in [5.41, 5.74) is 8.53. The first-order chi connectivity index (χ1) is 11.3. The topological polar surface area (TPSA) is 80.8 Å². The van der Waals surface area contributed by atoms with E-state index in [1.807, 2.05) is 30.5 Å². The van der Waals surface area contributed by atoms with Crippen LogP contribution in [0.3, 0.4) is 0 Å². The molecule has 1 saturated heterocycles. The summed E-state index contributed by atoms with van der Waals surface area (Å²) in [6.45, 7) is 1.92. The standard InChI is InChI=1S/C17H18N6/c18-17-16-14(20-11-21-17)6-7-15(22-16)23-9-3-4-12(10-23)13-5-1-2-8-19-13/h1-2,5-8,11-12H,3-4,9-10H2,(H2,18,20,21). The van der Waals surface area contributed by atoms with Crippen LogP contribution in [0.15, 0.2) is 42.9 Å². The molecule has 1 unspecified atom stereocenters. The number of pyridine rings is 2. The second kappa shape index (κ2) is 5.79. The van der Waals surface area contributed by atoms with Crippen LogP contribution in [0, 0.1) is 0 Å². The summed E-state index contributed by atoms with van der Waals surface area (Å²) in [5, 5.41) is 0. The number of hydrogen-bond donors (Lipinski definition) is 1. The van der Waals surface area contributed by atoms with Crippen molar-refractivity contribution >= 4 is 22.7 Å². The molecule has 0 radical (unpaired) electrons. The number of fused-ring (bicyclic) bond motifs is 1. The normalized spacial score (nSPS) is 18.3. The van der Waals surface area contributed by atoms with Crippen molar-refractivity contribution in [2.24, 2.45) is 0 Å². The molecule has 1 atom stereocenters. The Bertz CT molecular complexity index is 820. The Labute approximate surface area is 134 Å². The number of anilines is 2.